The molecule has 64 valence electrons. The molecular weight excluding hydrogens is 146 g/mol. The van der Waals surface area contributed by atoms with Gasteiger partial charge in [0.25, 0.3) is 0 Å². The van der Waals surface area contributed by atoms with Crippen LogP contribution in [0, 0.1) is 0 Å². The molecule has 0 saturated heterocycles. The van der Waals surface area contributed by atoms with Crippen molar-refractivity contribution in [3.05, 3.63) is 12.0 Å². The van der Waals surface area contributed by atoms with Crippen LogP contribution in [0.15, 0.2) is 12.0 Å². The van der Waals surface area contributed by atoms with E-state index < -0.39 is 5.97 Å². The Hall–Kier alpha value is -1.19. The van der Waals surface area contributed by atoms with Gasteiger partial charge in [-0.15, -0.1) is 0 Å². The van der Waals surface area contributed by atoms with Crippen LogP contribution in [0.3, 0.4) is 0 Å². The molecule has 0 aromatic heterocycles. The number of methoxy groups -OCH3 is 1. The molecule has 4 nitrogen and oxygen atoms in total. The van der Waals surface area contributed by atoms with E-state index in [-0.39, 0.29) is 5.88 Å². The van der Waals surface area contributed by atoms with E-state index in [1.165, 1.54) is 7.11 Å². The fraction of sp³-hybridized carbons (Fsp3) is 0.571. The molecule has 11 heavy (non-hydrogen) atoms. The maximum atomic E-state index is 10.7. The summed E-state index contributed by atoms with van der Waals surface area (Å²) in [6, 6.07) is 0. The normalized spacial score (nSPS) is 10.9. The van der Waals surface area contributed by atoms with E-state index in [1.807, 2.05) is 6.92 Å². The van der Waals surface area contributed by atoms with E-state index in [4.69, 9.17) is 5.73 Å². The van der Waals surface area contributed by atoms with Gasteiger partial charge in [-0.2, -0.15) is 0 Å². The SMILES string of the molecule is CCCOC(=O)/C=C(/N)OC. The minimum Gasteiger partial charge on any atom is -0.482 e. The first-order chi connectivity index (χ1) is 5.20. The molecule has 0 unspecified atom stereocenters. The van der Waals surface area contributed by atoms with Crippen molar-refractivity contribution < 1.29 is 14.3 Å². The van der Waals surface area contributed by atoms with Crippen molar-refractivity contribution in [2.24, 2.45) is 5.73 Å². The second kappa shape index (κ2) is 5.58. The van der Waals surface area contributed by atoms with Crippen molar-refractivity contribution in [1.82, 2.24) is 0 Å². The number of esters is 1. The summed E-state index contributed by atoms with van der Waals surface area (Å²) in [5.74, 6) is -0.405. The Morgan fingerprint density at radius 3 is 2.73 bits per heavy atom. The average Bonchev–Trinajstić information content (AvgIpc) is 2.00. The average molecular weight is 159 g/mol. The first-order valence-electron chi connectivity index (χ1n) is 3.38. The van der Waals surface area contributed by atoms with Crippen molar-refractivity contribution in [1.29, 1.82) is 0 Å². The highest BCUT2D eigenvalue weighted by Gasteiger charge is 1.97. The Labute approximate surface area is 66.0 Å². The van der Waals surface area contributed by atoms with Crippen LogP contribution in [-0.4, -0.2) is 19.7 Å². The largest absolute Gasteiger partial charge is 0.482 e. The van der Waals surface area contributed by atoms with Crippen LogP contribution in [0.1, 0.15) is 13.3 Å². The Morgan fingerprint density at radius 1 is 1.64 bits per heavy atom. The molecule has 0 fully saturated rings. The molecule has 0 saturated carbocycles. The summed E-state index contributed by atoms with van der Waals surface area (Å²) in [5, 5.41) is 0. The lowest BCUT2D eigenvalue weighted by Gasteiger charge is -1.99. The maximum Gasteiger partial charge on any atom is 0.336 e. The van der Waals surface area contributed by atoms with Crippen LogP contribution in [0.5, 0.6) is 0 Å². The lowest BCUT2D eigenvalue weighted by molar-refractivity contribution is -0.137. The van der Waals surface area contributed by atoms with E-state index in [1.54, 1.807) is 0 Å². The van der Waals surface area contributed by atoms with Crippen LogP contribution in [-0.2, 0) is 14.3 Å². The minimum atomic E-state index is -0.466. The molecule has 0 spiro atoms. The third kappa shape index (κ3) is 5.26. The molecule has 0 aromatic carbocycles. The summed E-state index contributed by atoms with van der Waals surface area (Å²) < 4.78 is 9.23. The number of carbonyl (C=O) groups excluding carboxylic acids is 1. The molecule has 0 heterocycles. The Balaban J connectivity index is 3.67. The number of ether oxygens (including phenoxy) is 2. The van der Waals surface area contributed by atoms with Gasteiger partial charge in [0.05, 0.1) is 19.8 Å². The van der Waals surface area contributed by atoms with Gasteiger partial charge in [-0.25, -0.2) is 4.79 Å². The van der Waals surface area contributed by atoms with E-state index in [0.717, 1.165) is 12.5 Å². The Morgan fingerprint density at radius 2 is 2.27 bits per heavy atom. The quantitative estimate of drug-likeness (QED) is 0.366. The second-order valence-corrected chi connectivity index (χ2v) is 1.92. The van der Waals surface area contributed by atoms with Crippen LogP contribution in [0.25, 0.3) is 0 Å². The molecule has 0 radical (unpaired) electrons. The molecule has 0 atom stereocenters. The summed E-state index contributed by atoms with van der Waals surface area (Å²) in [6.07, 6.45) is 1.90. The minimum absolute atomic E-state index is 0.0612. The lowest BCUT2D eigenvalue weighted by Crippen LogP contribution is -2.07. The summed E-state index contributed by atoms with van der Waals surface area (Å²) in [6.45, 7) is 2.32. The second-order valence-electron chi connectivity index (χ2n) is 1.92. The van der Waals surface area contributed by atoms with E-state index in [9.17, 15) is 4.79 Å². The predicted molar refractivity (Wildman–Crippen MR) is 40.5 cm³/mol. The molecule has 0 aliphatic heterocycles. The van der Waals surface area contributed by atoms with Gasteiger partial charge in [0.2, 0.25) is 0 Å². The Bertz CT molecular complexity index is 154. The fourth-order valence-electron chi connectivity index (χ4n) is 0.419. The third-order valence-electron chi connectivity index (χ3n) is 0.944. The number of carbonyl (C=O) groups is 1. The molecule has 4 heteroatoms. The van der Waals surface area contributed by atoms with Gasteiger partial charge in [-0.1, -0.05) is 6.92 Å². The van der Waals surface area contributed by atoms with Gasteiger partial charge in [-0.3, -0.25) is 0 Å². The summed E-state index contributed by atoms with van der Waals surface area (Å²) in [5.41, 5.74) is 5.18. The fourth-order valence-corrected chi connectivity index (χ4v) is 0.419. The predicted octanol–water partition coefficient (Wildman–Crippen LogP) is 0.386. The topological polar surface area (TPSA) is 61.5 Å². The third-order valence-corrected chi connectivity index (χ3v) is 0.944. The number of nitrogens with two attached hydrogens (primary N) is 1. The summed E-state index contributed by atoms with van der Waals surface area (Å²) >= 11 is 0. The van der Waals surface area contributed by atoms with Crippen LogP contribution in [0.2, 0.25) is 0 Å². The zero-order valence-corrected chi connectivity index (χ0v) is 6.79. The van der Waals surface area contributed by atoms with Crippen molar-refractivity contribution in [2.75, 3.05) is 13.7 Å². The number of hydrogen-bond acceptors (Lipinski definition) is 4. The molecule has 0 aliphatic rings. The summed E-state index contributed by atoms with van der Waals surface area (Å²) in [7, 11) is 1.39. The van der Waals surface area contributed by atoms with Gasteiger partial charge in [-0.05, 0) is 6.42 Å². The van der Waals surface area contributed by atoms with Crippen molar-refractivity contribution >= 4 is 5.97 Å². The molecule has 0 rings (SSSR count). The van der Waals surface area contributed by atoms with Gasteiger partial charge in [0.1, 0.15) is 0 Å². The van der Waals surface area contributed by atoms with E-state index in [2.05, 4.69) is 9.47 Å². The van der Waals surface area contributed by atoms with Crippen LogP contribution >= 0.6 is 0 Å². The van der Waals surface area contributed by atoms with E-state index >= 15 is 0 Å². The standard InChI is InChI=1S/C7H13NO3/c1-3-4-11-7(9)5-6(8)10-2/h5H,3-4,8H2,1-2H3/b6-5-. The molecule has 0 aromatic rings. The molecule has 2 N–H and O–H groups in total. The van der Waals surface area contributed by atoms with Gasteiger partial charge in [0.15, 0.2) is 5.88 Å². The Kier molecular flexibility index (Phi) is 4.98. The molecule has 0 amide bonds. The highest BCUT2D eigenvalue weighted by Crippen LogP contribution is 1.88. The van der Waals surface area contributed by atoms with Crippen LogP contribution in [0.4, 0.5) is 0 Å². The monoisotopic (exact) mass is 159 g/mol. The number of rotatable bonds is 4. The summed E-state index contributed by atoms with van der Waals surface area (Å²) in [4.78, 5) is 10.7. The van der Waals surface area contributed by atoms with Crippen molar-refractivity contribution in [2.45, 2.75) is 13.3 Å². The zero-order valence-electron chi connectivity index (χ0n) is 6.79. The molecule has 0 bridgehead atoms. The lowest BCUT2D eigenvalue weighted by atomic mass is 10.5. The smallest absolute Gasteiger partial charge is 0.336 e. The molecular formula is C7H13NO3. The molecule has 0 aliphatic carbocycles. The highest BCUT2D eigenvalue weighted by molar-refractivity contribution is 5.82. The zero-order chi connectivity index (χ0) is 8.69. The van der Waals surface area contributed by atoms with Gasteiger partial charge < -0.3 is 15.2 Å². The van der Waals surface area contributed by atoms with Gasteiger partial charge in [0, 0.05) is 0 Å². The van der Waals surface area contributed by atoms with Gasteiger partial charge >= 0.3 is 5.97 Å². The van der Waals surface area contributed by atoms with Crippen molar-refractivity contribution in [3.63, 3.8) is 0 Å². The first kappa shape index (κ1) is 9.81. The number of hydrogen-bond donors (Lipinski definition) is 1. The van der Waals surface area contributed by atoms with E-state index in [0.29, 0.717) is 6.61 Å². The maximum absolute atomic E-state index is 10.7. The van der Waals surface area contributed by atoms with Crippen molar-refractivity contribution in [3.8, 4) is 0 Å². The first-order valence-corrected chi connectivity index (χ1v) is 3.38. The highest BCUT2D eigenvalue weighted by atomic mass is 16.5. The van der Waals surface area contributed by atoms with Crippen LogP contribution < -0.4 is 5.73 Å².